The first kappa shape index (κ1) is 21.7. The zero-order chi connectivity index (χ0) is 20.9. The molecule has 3 rings (SSSR count). The Morgan fingerprint density at radius 3 is 2.31 bits per heavy atom. The second-order valence-corrected chi connectivity index (χ2v) is 9.66. The number of rotatable bonds is 7. The fourth-order valence-corrected chi connectivity index (χ4v) is 5.27. The molecule has 2 fully saturated rings. The molecule has 2 aliphatic rings. The molecule has 160 valence electrons. The third-order valence-corrected chi connectivity index (χ3v) is 7.30. The van der Waals surface area contributed by atoms with Crippen LogP contribution in [0.5, 0.6) is 0 Å². The van der Waals surface area contributed by atoms with Crippen LogP contribution in [0.1, 0.15) is 39.0 Å². The second kappa shape index (κ2) is 9.69. The molecule has 0 aromatic heterocycles. The summed E-state index contributed by atoms with van der Waals surface area (Å²) in [7, 11) is -3.29. The lowest BCUT2D eigenvalue weighted by Gasteiger charge is -2.31. The van der Waals surface area contributed by atoms with Crippen molar-refractivity contribution in [2.75, 3.05) is 36.1 Å². The molecule has 2 amide bonds. The molecule has 9 heteroatoms. The Hall–Kier alpha value is -1.97. The molecule has 29 heavy (non-hydrogen) atoms. The lowest BCUT2D eigenvalue weighted by Crippen LogP contribution is -2.44. The zero-order valence-electron chi connectivity index (χ0n) is 16.7. The number of amides is 2. The van der Waals surface area contributed by atoms with Crippen molar-refractivity contribution in [3.8, 4) is 0 Å². The lowest BCUT2D eigenvalue weighted by atomic mass is 9.98. The minimum absolute atomic E-state index is 0.112. The van der Waals surface area contributed by atoms with E-state index in [1.54, 1.807) is 24.3 Å². The Kier molecular flexibility index (Phi) is 7.26. The molecular formula is C20H29N3O5S. The highest BCUT2D eigenvalue weighted by molar-refractivity contribution is 7.89. The van der Waals surface area contributed by atoms with E-state index in [0.717, 1.165) is 12.8 Å². The van der Waals surface area contributed by atoms with Gasteiger partial charge in [-0.1, -0.05) is 6.92 Å². The normalized spacial score (nSPS) is 22.9. The van der Waals surface area contributed by atoms with Crippen LogP contribution >= 0.6 is 0 Å². The lowest BCUT2D eigenvalue weighted by molar-refractivity contribution is -0.124. The average Bonchev–Trinajstić information content (AvgIpc) is 3.24. The van der Waals surface area contributed by atoms with Crippen LogP contribution in [0.3, 0.4) is 0 Å². The zero-order valence-corrected chi connectivity index (χ0v) is 17.5. The fourth-order valence-electron chi connectivity index (χ4n) is 3.68. The van der Waals surface area contributed by atoms with Crippen molar-refractivity contribution in [2.24, 2.45) is 5.92 Å². The van der Waals surface area contributed by atoms with Crippen LogP contribution in [0, 0.1) is 5.92 Å². The summed E-state index contributed by atoms with van der Waals surface area (Å²) < 4.78 is 31.4. The van der Waals surface area contributed by atoms with Gasteiger partial charge in [-0.25, -0.2) is 12.7 Å². The van der Waals surface area contributed by atoms with Gasteiger partial charge in [-0.3, -0.25) is 9.59 Å². The summed E-state index contributed by atoms with van der Waals surface area (Å²) in [6, 6.07) is 6.89. The van der Waals surface area contributed by atoms with Crippen LogP contribution in [0.15, 0.2) is 24.3 Å². The van der Waals surface area contributed by atoms with Gasteiger partial charge in [0, 0.05) is 31.1 Å². The van der Waals surface area contributed by atoms with Crippen LogP contribution in [-0.2, 0) is 24.3 Å². The van der Waals surface area contributed by atoms with Gasteiger partial charge in [0.15, 0.2) is 0 Å². The molecule has 1 aromatic carbocycles. The maximum Gasteiger partial charge on any atom is 0.253 e. The smallest absolute Gasteiger partial charge is 0.253 e. The van der Waals surface area contributed by atoms with E-state index < -0.39 is 16.1 Å². The monoisotopic (exact) mass is 423 g/mol. The molecule has 2 N–H and O–H groups in total. The van der Waals surface area contributed by atoms with Crippen molar-refractivity contribution in [2.45, 2.75) is 45.1 Å². The van der Waals surface area contributed by atoms with Crippen molar-refractivity contribution in [3.05, 3.63) is 24.3 Å². The predicted molar refractivity (Wildman–Crippen MR) is 111 cm³/mol. The maximum absolute atomic E-state index is 12.6. The maximum atomic E-state index is 12.6. The van der Waals surface area contributed by atoms with Gasteiger partial charge in [-0.15, -0.1) is 0 Å². The van der Waals surface area contributed by atoms with Gasteiger partial charge < -0.3 is 15.4 Å². The van der Waals surface area contributed by atoms with Crippen molar-refractivity contribution < 1.29 is 22.7 Å². The summed E-state index contributed by atoms with van der Waals surface area (Å²) in [5.74, 6) is -0.595. The Bertz CT molecular complexity index is 819. The predicted octanol–water partition coefficient (Wildman–Crippen LogP) is 2.19. The molecule has 2 saturated heterocycles. The van der Waals surface area contributed by atoms with Crippen molar-refractivity contribution in [1.82, 2.24) is 4.31 Å². The Labute approximate surface area is 172 Å². The molecule has 0 unspecified atom stereocenters. The Balaban J connectivity index is 1.54. The first-order valence-electron chi connectivity index (χ1n) is 10.2. The highest BCUT2D eigenvalue weighted by atomic mass is 32.2. The number of carbonyl (C=O) groups is 2. The molecule has 2 aliphatic heterocycles. The SMILES string of the molecule is CCCS(=O)(=O)N1CCC[C@@H](C(=O)Nc2ccc(NC(=O)[C@H]3CCCO3)cc2)C1. The van der Waals surface area contributed by atoms with Crippen LogP contribution in [0.25, 0.3) is 0 Å². The van der Waals surface area contributed by atoms with Gasteiger partial charge >= 0.3 is 0 Å². The van der Waals surface area contributed by atoms with Crippen molar-refractivity contribution >= 4 is 33.2 Å². The van der Waals surface area contributed by atoms with E-state index in [-0.39, 0.29) is 30.0 Å². The Morgan fingerprint density at radius 2 is 1.72 bits per heavy atom. The highest BCUT2D eigenvalue weighted by Gasteiger charge is 2.31. The quantitative estimate of drug-likeness (QED) is 0.700. The third kappa shape index (κ3) is 5.77. The first-order chi connectivity index (χ1) is 13.9. The summed E-state index contributed by atoms with van der Waals surface area (Å²) in [5, 5.41) is 5.67. The van der Waals surface area contributed by atoms with E-state index in [2.05, 4.69) is 10.6 Å². The third-order valence-electron chi connectivity index (χ3n) is 5.25. The summed E-state index contributed by atoms with van der Waals surface area (Å²) in [6.07, 6.45) is 3.13. The summed E-state index contributed by atoms with van der Waals surface area (Å²) in [6.45, 7) is 3.15. The largest absolute Gasteiger partial charge is 0.368 e. The number of sulfonamides is 1. The Morgan fingerprint density at radius 1 is 1.07 bits per heavy atom. The molecule has 0 radical (unpaired) electrons. The molecule has 8 nitrogen and oxygen atoms in total. The first-order valence-corrected chi connectivity index (χ1v) is 11.8. The minimum Gasteiger partial charge on any atom is -0.368 e. The molecule has 0 bridgehead atoms. The van der Waals surface area contributed by atoms with Gasteiger partial charge in [0.1, 0.15) is 6.10 Å². The van der Waals surface area contributed by atoms with E-state index in [1.807, 2.05) is 6.92 Å². The molecule has 0 spiro atoms. The number of anilines is 2. The van der Waals surface area contributed by atoms with Crippen molar-refractivity contribution in [3.63, 3.8) is 0 Å². The fraction of sp³-hybridized carbons (Fsp3) is 0.600. The average molecular weight is 424 g/mol. The van der Waals surface area contributed by atoms with Gasteiger partial charge in [0.2, 0.25) is 15.9 Å². The second-order valence-electron chi connectivity index (χ2n) is 7.57. The molecule has 2 atom stereocenters. The van der Waals surface area contributed by atoms with E-state index in [0.29, 0.717) is 43.8 Å². The number of ether oxygens (including phenoxy) is 1. The van der Waals surface area contributed by atoms with Crippen LogP contribution in [-0.4, -0.2) is 56.1 Å². The topological polar surface area (TPSA) is 105 Å². The van der Waals surface area contributed by atoms with Gasteiger partial charge in [-0.2, -0.15) is 0 Å². The van der Waals surface area contributed by atoms with E-state index in [4.69, 9.17) is 4.74 Å². The molecular weight excluding hydrogens is 394 g/mol. The van der Waals surface area contributed by atoms with Crippen LogP contribution in [0.2, 0.25) is 0 Å². The standard InChI is InChI=1S/C20H29N3O5S/c1-2-13-29(26,27)23-11-3-5-15(14-23)19(24)21-16-7-9-17(10-8-16)22-20(25)18-6-4-12-28-18/h7-10,15,18H,2-6,11-14H2,1H3,(H,21,24)(H,22,25)/t15-,18-/m1/s1. The van der Waals surface area contributed by atoms with Crippen LogP contribution in [0.4, 0.5) is 11.4 Å². The summed E-state index contributed by atoms with van der Waals surface area (Å²) in [4.78, 5) is 24.7. The summed E-state index contributed by atoms with van der Waals surface area (Å²) >= 11 is 0. The number of nitrogens with zero attached hydrogens (tertiary/aromatic N) is 1. The summed E-state index contributed by atoms with van der Waals surface area (Å²) in [5.41, 5.74) is 1.25. The molecule has 2 heterocycles. The highest BCUT2D eigenvalue weighted by Crippen LogP contribution is 2.22. The van der Waals surface area contributed by atoms with Gasteiger partial charge in [-0.05, 0) is 56.4 Å². The van der Waals surface area contributed by atoms with E-state index >= 15 is 0 Å². The molecule has 0 saturated carbocycles. The van der Waals surface area contributed by atoms with Crippen LogP contribution < -0.4 is 10.6 Å². The van der Waals surface area contributed by atoms with Gasteiger partial charge in [0.25, 0.3) is 5.91 Å². The number of piperidine rings is 1. The number of carbonyl (C=O) groups excluding carboxylic acids is 2. The number of nitrogens with one attached hydrogen (secondary N) is 2. The van der Waals surface area contributed by atoms with E-state index in [1.165, 1.54) is 4.31 Å². The molecule has 1 aromatic rings. The number of hydrogen-bond acceptors (Lipinski definition) is 5. The number of benzene rings is 1. The van der Waals surface area contributed by atoms with Gasteiger partial charge in [0.05, 0.1) is 11.7 Å². The van der Waals surface area contributed by atoms with E-state index in [9.17, 15) is 18.0 Å². The minimum atomic E-state index is -3.29. The van der Waals surface area contributed by atoms with Crippen molar-refractivity contribution in [1.29, 1.82) is 0 Å². The molecule has 0 aliphatic carbocycles. The number of hydrogen-bond donors (Lipinski definition) is 2.